The molecule has 206 valence electrons. The first-order valence-corrected chi connectivity index (χ1v) is 14.2. The molecule has 0 aromatic heterocycles. The lowest BCUT2D eigenvalue weighted by molar-refractivity contribution is -0.117. The molecule has 0 radical (unpaired) electrons. The molecule has 0 unspecified atom stereocenters. The van der Waals surface area contributed by atoms with Crippen LogP contribution in [0.4, 0.5) is 5.69 Å². The van der Waals surface area contributed by atoms with Crippen LogP contribution in [0.15, 0.2) is 77.7 Å². The Labute approximate surface area is 229 Å². The lowest BCUT2D eigenvalue weighted by Gasteiger charge is -2.32. The molecular weight excluding hydrogens is 516 g/mol. The van der Waals surface area contributed by atoms with E-state index in [1.54, 1.807) is 37.3 Å². The minimum atomic E-state index is -4.02. The van der Waals surface area contributed by atoms with Crippen LogP contribution in [0, 0.1) is 6.92 Å². The molecule has 1 saturated heterocycles. The maximum atomic E-state index is 13.4. The van der Waals surface area contributed by atoms with Crippen molar-refractivity contribution in [2.75, 3.05) is 45.7 Å². The van der Waals surface area contributed by atoms with E-state index in [4.69, 9.17) is 4.74 Å². The van der Waals surface area contributed by atoms with Gasteiger partial charge in [-0.3, -0.25) is 9.59 Å². The van der Waals surface area contributed by atoms with E-state index in [9.17, 15) is 18.0 Å². The van der Waals surface area contributed by atoms with Gasteiger partial charge in [0, 0.05) is 37.4 Å². The van der Waals surface area contributed by atoms with Crippen molar-refractivity contribution in [2.45, 2.75) is 24.3 Å². The Hall–Kier alpha value is -3.73. The number of hydrogen-bond acceptors (Lipinski definition) is 6. The summed E-state index contributed by atoms with van der Waals surface area (Å²) in [4.78, 5) is 30.2. The number of carbonyl (C=O) groups is 2. The van der Waals surface area contributed by atoms with Gasteiger partial charge in [0.15, 0.2) is 0 Å². The molecule has 1 heterocycles. The van der Waals surface area contributed by atoms with E-state index < -0.39 is 22.0 Å². The number of nitrogens with one attached hydrogen (secondary N) is 2. The normalized spacial score (nSPS) is 15.0. The first-order chi connectivity index (χ1) is 18.7. The summed E-state index contributed by atoms with van der Waals surface area (Å²) in [5.74, 6) is 0.0124. The number of rotatable bonds is 9. The molecule has 1 atom stereocenters. The topological polar surface area (TPSA) is 108 Å². The van der Waals surface area contributed by atoms with E-state index in [1.807, 2.05) is 42.3 Å². The predicted octanol–water partition coefficient (Wildman–Crippen LogP) is 2.92. The van der Waals surface area contributed by atoms with Gasteiger partial charge in [0.25, 0.3) is 5.91 Å². The monoisotopic (exact) mass is 550 g/mol. The molecule has 0 aliphatic carbocycles. The van der Waals surface area contributed by atoms with Crippen LogP contribution in [-0.2, 0) is 21.2 Å². The van der Waals surface area contributed by atoms with E-state index in [0.29, 0.717) is 35.7 Å². The average Bonchev–Trinajstić information content (AvgIpc) is 2.93. The molecular formula is C29H34N4O5S. The molecule has 39 heavy (non-hydrogen) atoms. The number of nitrogens with zero attached hydrogens (tertiary/aromatic N) is 2. The van der Waals surface area contributed by atoms with Crippen molar-refractivity contribution in [1.82, 2.24) is 14.5 Å². The van der Waals surface area contributed by atoms with Gasteiger partial charge in [-0.15, -0.1) is 0 Å². The Bertz CT molecular complexity index is 1400. The second-order valence-electron chi connectivity index (χ2n) is 9.66. The van der Waals surface area contributed by atoms with E-state index in [0.717, 1.165) is 18.7 Å². The zero-order chi connectivity index (χ0) is 28.0. The summed E-state index contributed by atoms with van der Waals surface area (Å²) in [5.41, 5.74) is 2.47. The van der Waals surface area contributed by atoms with Gasteiger partial charge in [0.1, 0.15) is 11.8 Å². The summed E-state index contributed by atoms with van der Waals surface area (Å²) in [6, 6.07) is 19.3. The number of aryl methyl sites for hydroxylation is 1. The number of likely N-dealkylation sites (N-methyl/N-ethyl adjacent to an activating group) is 1. The molecule has 3 aromatic rings. The highest BCUT2D eigenvalue weighted by molar-refractivity contribution is 7.89. The number of piperazine rings is 1. The Morgan fingerprint density at radius 2 is 1.62 bits per heavy atom. The molecule has 2 amide bonds. The van der Waals surface area contributed by atoms with Gasteiger partial charge in [-0.05, 0) is 74.0 Å². The third-order valence-corrected chi connectivity index (χ3v) is 8.23. The number of methoxy groups -OCH3 is 1. The maximum absolute atomic E-state index is 13.4. The summed E-state index contributed by atoms with van der Waals surface area (Å²) in [7, 11) is -0.471. The molecule has 2 N–H and O–H groups in total. The number of sulfonamides is 1. The molecule has 1 aliphatic heterocycles. The fourth-order valence-electron chi connectivity index (χ4n) is 4.43. The van der Waals surface area contributed by atoms with Crippen LogP contribution in [0.3, 0.4) is 0 Å². The zero-order valence-electron chi connectivity index (χ0n) is 22.4. The van der Waals surface area contributed by atoms with Crippen molar-refractivity contribution >= 4 is 27.5 Å². The lowest BCUT2D eigenvalue weighted by atomic mass is 10.1. The van der Waals surface area contributed by atoms with E-state index in [2.05, 4.69) is 14.9 Å². The van der Waals surface area contributed by atoms with Crippen LogP contribution >= 0.6 is 0 Å². The van der Waals surface area contributed by atoms with Gasteiger partial charge >= 0.3 is 0 Å². The van der Waals surface area contributed by atoms with Crippen LogP contribution < -0.4 is 14.8 Å². The molecule has 10 heteroatoms. The number of benzene rings is 3. The van der Waals surface area contributed by atoms with Crippen molar-refractivity contribution in [3.63, 3.8) is 0 Å². The van der Waals surface area contributed by atoms with E-state index in [1.165, 1.54) is 19.2 Å². The van der Waals surface area contributed by atoms with Crippen molar-refractivity contribution in [1.29, 1.82) is 0 Å². The Balaban J connectivity index is 1.50. The highest BCUT2D eigenvalue weighted by Crippen LogP contribution is 2.22. The highest BCUT2D eigenvalue weighted by Gasteiger charge is 2.27. The SMILES string of the molecule is COc1ccc(S(=O)(=O)N[C@@H](Cc2ccccc2)C(=O)Nc2ccc(C(=O)N3CCN(C)CC3)cc2)cc1C. The fourth-order valence-corrected chi connectivity index (χ4v) is 5.71. The van der Waals surface area contributed by atoms with Gasteiger partial charge in [-0.2, -0.15) is 4.72 Å². The van der Waals surface area contributed by atoms with Gasteiger partial charge in [0.05, 0.1) is 12.0 Å². The Morgan fingerprint density at radius 1 is 0.949 bits per heavy atom. The molecule has 0 bridgehead atoms. The van der Waals surface area contributed by atoms with E-state index >= 15 is 0 Å². The van der Waals surface area contributed by atoms with Gasteiger partial charge in [-0.1, -0.05) is 30.3 Å². The first kappa shape index (κ1) is 28.3. The number of hydrogen-bond donors (Lipinski definition) is 2. The molecule has 9 nitrogen and oxygen atoms in total. The Morgan fingerprint density at radius 3 is 2.23 bits per heavy atom. The average molecular weight is 551 g/mol. The molecule has 0 saturated carbocycles. The molecule has 0 spiro atoms. The summed E-state index contributed by atoms with van der Waals surface area (Å²) in [6.07, 6.45) is 0.154. The smallest absolute Gasteiger partial charge is 0.253 e. The van der Waals surface area contributed by atoms with Gasteiger partial charge in [-0.25, -0.2) is 8.42 Å². The van der Waals surface area contributed by atoms with Crippen LogP contribution in [0.25, 0.3) is 0 Å². The summed E-state index contributed by atoms with van der Waals surface area (Å²) in [5, 5.41) is 2.80. The summed E-state index contributed by atoms with van der Waals surface area (Å²) in [6.45, 7) is 4.75. The number of amides is 2. The van der Waals surface area contributed by atoms with Crippen LogP contribution in [0.2, 0.25) is 0 Å². The number of carbonyl (C=O) groups excluding carboxylic acids is 2. The molecule has 1 fully saturated rings. The second kappa shape index (κ2) is 12.4. The van der Waals surface area contributed by atoms with E-state index in [-0.39, 0.29) is 17.2 Å². The van der Waals surface area contributed by atoms with Gasteiger partial charge < -0.3 is 19.9 Å². The van der Waals surface area contributed by atoms with Crippen LogP contribution in [0.5, 0.6) is 5.75 Å². The maximum Gasteiger partial charge on any atom is 0.253 e. The third kappa shape index (κ3) is 7.23. The summed E-state index contributed by atoms with van der Waals surface area (Å²) < 4.78 is 34.3. The first-order valence-electron chi connectivity index (χ1n) is 12.8. The molecule has 3 aromatic carbocycles. The standard InChI is InChI=1S/C29H34N4O5S/c1-21-19-25(13-14-27(21)38-3)39(36,37)31-26(20-22-7-5-4-6-8-22)28(34)30-24-11-9-23(10-12-24)29(35)33-17-15-32(2)16-18-33/h4-14,19,26,31H,15-18,20H2,1-3H3,(H,30,34)/t26-/m0/s1. The number of anilines is 1. The minimum Gasteiger partial charge on any atom is -0.496 e. The predicted molar refractivity (Wildman–Crippen MR) is 150 cm³/mol. The number of ether oxygens (including phenoxy) is 1. The van der Waals surface area contributed by atoms with Crippen LogP contribution in [-0.4, -0.2) is 76.4 Å². The van der Waals surface area contributed by atoms with Crippen molar-refractivity contribution in [3.05, 3.63) is 89.5 Å². The largest absolute Gasteiger partial charge is 0.496 e. The van der Waals surface area contributed by atoms with Crippen molar-refractivity contribution in [2.24, 2.45) is 0 Å². The minimum absolute atomic E-state index is 0.0402. The molecule has 1 aliphatic rings. The fraction of sp³-hybridized carbons (Fsp3) is 0.310. The van der Waals surface area contributed by atoms with Crippen LogP contribution in [0.1, 0.15) is 21.5 Å². The quantitative estimate of drug-likeness (QED) is 0.424. The highest BCUT2D eigenvalue weighted by atomic mass is 32.2. The zero-order valence-corrected chi connectivity index (χ0v) is 23.2. The second-order valence-corrected chi connectivity index (χ2v) is 11.4. The summed E-state index contributed by atoms with van der Waals surface area (Å²) >= 11 is 0. The van der Waals surface area contributed by atoms with Crippen molar-refractivity contribution in [3.8, 4) is 5.75 Å². The lowest BCUT2D eigenvalue weighted by Crippen LogP contribution is -2.47. The van der Waals surface area contributed by atoms with Crippen molar-refractivity contribution < 1.29 is 22.7 Å². The third-order valence-electron chi connectivity index (χ3n) is 6.76. The molecule has 4 rings (SSSR count). The van der Waals surface area contributed by atoms with Gasteiger partial charge in [0.2, 0.25) is 15.9 Å². The Kier molecular flexibility index (Phi) is 9.01.